The van der Waals surface area contributed by atoms with Gasteiger partial charge in [-0.05, 0) is 73.8 Å². The Bertz CT molecular complexity index is 748. The van der Waals surface area contributed by atoms with Gasteiger partial charge in [0.1, 0.15) is 11.5 Å². The van der Waals surface area contributed by atoms with E-state index in [0.29, 0.717) is 11.7 Å². The number of hydrogen-bond acceptors (Lipinski definition) is 3. The van der Waals surface area contributed by atoms with Gasteiger partial charge in [-0.15, -0.1) is 0 Å². The van der Waals surface area contributed by atoms with Gasteiger partial charge >= 0.3 is 0 Å². The first-order valence-corrected chi connectivity index (χ1v) is 9.08. The Hall–Kier alpha value is -2.27. The molecule has 1 atom stereocenters. The van der Waals surface area contributed by atoms with Gasteiger partial charge in [-0.1, -0.05) is 18.2 Å². The second-order valence-corrected chi connectivity index (χ2v) is 6.45. The van der Waals surface area contributed by atoms with Crippen molar-refractivity contribution in [1.29, 1.82) is 0 Å². The van der Waals surface area contributed by atoms with Crippen molar-refractivity contribution < 1.29 is 9.47 Å². The summed E-state index contributed by atoms with van der Waals surface area (Å²) in [5.41, 5.74) is 3.52. The summed E-state index contributed by atoms with van der Waals surface area (Å²) < 4.78 is 11.0. The van der Waals surface area contributed by atoms with E-state index in [9.17, 15) is 0 Å². The van der Waals surface area contributed by atoms with Gasteiger partial charge in [0.25, 0.3) is 0 Å². The standard InChI is InChI=1S/C20H24N2O2S/c1-3-24-19-10-5-4-8-18(19)22-20(25)21-17-9-6-7-14-13-15(23-2)11-12-16(14)17/h4-5,8,10-13,17H,3,6-7,9H2,1-2H3,(H2,21,22,25). The zero-order valence-corrected chi connectivity index (χ0v) is 15.5. The van der Waals surface area contributed by atoms with Crippen LogP contribution in [0.1, 0.15) is 36.9 Å². The molecule has 0 aliphatic heterocycles. The summed E-state index contributed by atoms with van der Waals surface area (Å²) in [6.07, 6.45) is 3.28. The number of methoxy groups -OCH3 is 1. The quantitative estimate of drug-likeness (QED) is 0.775. The third-order valence-corrected chi connectivity index (χ3v) is 4.62. The molecule has 25 heavy (non-hydrogen) atoms. The van der Waals surface area contributed by atoms with E-state index in [1.54, 1.807) is 7.11 Å². The molecular formula is C20H24N2O2S. The Kier molecular flexibility index (Phi) is 5.76. The number of aryl methyl sites for hydroxylation is 1. The number of ether oxygens (including phenoxy) is 2. The summed E-state index contributed by atoms with van der Waals surface area (Å²) in [6, 6.07) is 14.3. The lowest BCUT2D eigenvalue weighted by Gasteiger charge is -2.28. The van der Waals surface area contributed by atoms with E-state index in [0.717, 1.165) is 36.4 Å². The summed E-state index contributed by atoms with van der Waals surface area (Å²) in [5, 5.41) is 7.33. The summed E-state index contributed by atoms with van der Waals surface area (Å²) in [5.74, 6) is 1.72. The monoisotopic (exact) mass is 356 g/mol. The fraction of sp³-hybridized carbons (Fsp3) is 0.350. The van der Waals surface area contributed by atoms with E-state index in [-0.39, 0.29) is 6.04 Å². The van der Waals surface area contributed by atoms with Gasteiger partial charge in [0, 0.05) is 0 Å². The smallest absolute Gasteiger partial charge is 0.171 e. The second kappa shape index (κ2) is 8.21. The number of para-hydroxylation sites is 2. The molecule has 2 N–H and O–H groups in total. The zero-order valence-electron chi connectivity index (χ0n) is 14.7. The molecule has 0 bridgehead atoms. The van der Waals surface area contributed by atoms with Gasteiger partial charge in [0.05, 0.1) is 25.4 Å². The maximum absolute atomic E-state index is 5.65. The van der Waals surface area contributed by atoms with Crippen LogP contribution in [0.15, 0.2) is 42.5 Å². The SMILES string of the molecule is CCOc1ccccc1NC(=S)NC1CCCc2cc(OC)ccc21. The van der Waals surface area contributed by atoms with Crippen molar-refractivity contribution in [3.05, 3.63) is 53.6 Å². The van der Waals surface area contributed by atoms with Gasteiger partial charge < -0.3 is 20.1 Å². The predicted octanol–water partition coefficient (Wildman–Crippen LogP) is 4.46. The molecule has 0 saturated heterocycles. The van der Waals surface area contributed by atoms with Crippen LogP contribution in [0.4, 0.5) is 5.69 Å². The fourth-order valence-corrected chi connectivity index (χ4v) is 3.49. The first-order valence-electron chi connectivity index (χ1n) is 8.67. The number of thiocarbonyl (C=S) groups is 1. The minimum atomic E-state index is 0.217. The number of benzene rings is 2. The van der Waals surface area contributed by atoms with Crippen molar-refractivity contribution in [2.45, 2.75) is 32.2 Å². The number of nitrogens with one attached hydrogen (secondary N) is 2. The van der Waals surface area contributed by atoms with E-state index >= 15 is 0 Å². The molecule has 0 radical (unpaired) electrons. The average molecular weight is 356 g/mol. The van der Waals surface area contributed by atoms with E-state index in [4.69, 9.17) is 21.7 Å². The molecule has 1 aliphatic carbocycles. The maximum atomic E-state index is 5.65. The molecule has 132 valence electrons. The highest BCUT2D eigenvalue weighted by Crippen LogP contribution is 2.32. The van der Waals surface area contributed by atoms with Gasteiger partial charge in [0.15, 0.2) is 5.11 Å². The lowest BCUT2D eigenvalue weighted by molar-refractivity contribution is 0.342. The van der Waals surface area contributed by atoms with Crippen LogP contribution in [0, 0.1) is 0 Å². The topological polar surface area (TPSA) is 42.5 Å². The molecule has 2 aromatic carbocycles. The molecule has 3 rings (SSSR count). The van der Waals surface area contributed by atoms with Gasteiger partial charge in [-0.3, -0.25) is 0 Å². The summed E-state index contributed by atoms with van der Waals surface area (Å²) in [7, 11) is 1.70. The van der Waals surface area contributed by atoms with Crippen molar-refractivity contribution in [3.63, 3.8) is 0 Å². The van der Waals surface area contributed by atoms with Crippen LogP contribution in [-0.2, 0) is 6.42 Å². The van der Waals surface area contributed by atoms with Crippen molar-refractivity contribution in [2.75, 3.05) is 19.0 Å². The van der Waals surface area contributed by atoms with Gasteiger partial charge in [-0.25, -0.2) is 0 Å². The molecule has 2 aromatic rings. The molecule has 5 heteroatoms. The zero-order chi connectivity index (χ0) is 17.6. The lowest BCUT2D eigenvalue weighted by atomic mass is 9.87. The highest BCUT2D eigenvalue weighted by atomic mass is 32.1. The van der Waals surface area contributed by atoms with Crippen molar-refractivity contribution in [2.24, 2.45) is 0 Å². The normalized spacial score (nSPS) is 15.8. The van der Waals surface area contributed by atoms with Crippen LogP contribution in [0.25, 0.3) is 0 Å². The minimum absolute atomic E-state index is 0.217. The van der Waals surface area contributed by atoms with E-state index in [1.165, 1.54) is 11.1 Å². The Morgan fingerprint density at radius 3 is 2.88 bits per heavy atom. The Labute approximate surface area is 154 Å². The molecular weight excluding hydrogens is 332 g/mol. The van der Waals surface area contributed by atoms with Crippen LogP contribution in [-0.4, -0.2) is 18.8 Å². The highest BCUT2D eigenvalue weighted by Gasteiger charge is 2.21. The third-order valence-electron chi connectivity index (χ3n) is 4.40. The Morgan fingerprint density at radius 2 is 2.08 bits per heavy atom. The molecule has 1 unspecified atom stereocenters. The first kappa shape index (κ1) is 17.5. The molecule has 0 heterocycles. The van der Waals surface area contributed by atoms with E-state index in [1.807, 2.05) is 37.3 Å². The largest absolute Gasteiger partial charge is 0.497 e. The lowest BCUT2D eigenvalue weighted by Crippen LogP contribution is -2.34. The van der Waals surface area contributed by atoms with Crippen LogP contribution in [0.3, 0.4) is 0 Å². The second-order valence-electron chi connectivity index (χ2n) is 6.04. The molecule has 4 nitrogen and oxygen atoms in total. The van der Waals surface area contributed by atoms with Crippen LogP contribution in [0.5, 0.6) is 11.5 Å². The summed E-state index contributed by atoms with van der Waals surface area (Å²) in [4.78, 5) is 0. The van der Waals surface area contributed by atoms with E-state index in [2.05, 4.69) is 22.8 Å². The van der Waals surface area contributed by atoms with Crippen molar-refractivity contribution in [3.8, 4) is 11.5 Å². The number of fused-ring (bicyclic) bond motifs is 1. The molecule has 0 fully saturated rings. The average Bonchev–Trinajstić information content (AvgIpc) is 2.63. The number of rotatable bonds is 5. The van der Waals surface area contributed by atoms with E-state index < -0.39 is 0 Å². The Balaban J connectivity index is 1.70. The molecule has 1 aliphatic rings. The molecule has 0 saturated carbocycles. The number of anilines is 1. The minimum Gasteiger partial charge on any atom is -0.497 e. The van der Waals surface area contributed by atoms with Crippen LogP contribution in [0.2, 0.25) is 0 Å². The van der Waals surface area contributed by atoms with Gasteiger partial charge in [0.2, 0.25) is 0 Å². The van der Waals surface area contributed by atoms with Gasteiger partial charge in [-0.2, -0.15) is 0 Å². The van der Waals surface area contributed by atoms with Crippen LogP contribution >= 0.6 is 12.2 Å². The summed E-state index contributed by atoms with van der Waals surface area (Å²) >= 11 is 5.54. The summed E-state index contributed by atoms with van der Waals surface area (Å²) in [6.45, 7) is 2.59. The maximum Gasteiger partial charge on any atom is 0.171 e. The van der Waals surface area contributed by atoms with Crippen LogP contribution < -0.4 is 20.1 Å². The number of hydrogen-bond donors (Lipinski definition) is 2. The molecule has 0 aromatic heterocycles. The highest BCUT2D eigenvalue weighted by molar-refractivity contribution is 7.80. The molecule has 0 spiro atoms. The molecule has 0 amide bonds. The Morgan fingerprint density at radius 1 is 1.24 bits per heavy atom. The fourth-order valence-electron chi connectivity index (χ4n) is 3.24. The van der Waals surface area contributed by atoms with Crippen molar-refractivity contribution >= 4 is 23.0 Å². The van der Waals surface area contributed by atoms with Crippen molar-refractivity contribution in [1.82, 2.24) is 5.32 Å². The predicted molar refractivity (Wildman–Crippen MR) is 106 cm³/mol. The third kappa shape index (κ3) is 4.23. The first-order chi connectivity index (χ1) is 12.2.